The minimum Gasteiger partial charge on any atom is -0.493 e. The molecular formula is C8H11BrOS. The molecule has 0 spiro atoms. The molecule has 1 aromatic heterocycles. The van der Waals surface area contributed by atoms with Crippen molar-refractivity contribution >= 4 is 27.3 Å². The highest BCUT2D eigenvalue weighted by Crippen LogP contribution is 2.14. The normalized spacial score (nSPS) is 9.91. The van der Waals surface area contributed by atoms with Crippen molar-refractivity contribution in [2.24, 2.45) is 0 Å². The lowest BCUT2D eigenvalue weighted by Gasteiger charge is -2.00. The zero-order valence-electron chi connectivity index (χ0n) is 6.25. The van der Waals surface area contributed by atoms with Crippen LogP contribution < -0.4 is 4.74 Å². The molecule has 1 heterocycles. The molecule has 0 unspecified atom stereocenters. The molecule has 0 N–H and O–H groups in total. The summed E-state index contributed by atoms with van der Waals surface area (Å²) < 4.78 is 5.44. The van der Waals surface area contributed by atoms with Crippen molar-refractivity contribution in [1.82, 2.24) is 0 Å². The Morgan fingerprint density at radius 1 is 1.45 bits per heavy atom. The van der Waals surface area contributed by atoms with Crippen molar-refractivity contribution in [3.8, 4) is 5.75 Å². The van der Waals surface area contributed by atoms with Gasteiger partial charge in [0.25, 0.3) is 0 Å². The fourth-order valence-corrected chi connectivity index (χ4v) is 1.69. The number of hydrogen-bond donors (Lipinski definition) is 0. The third-order valence-electron chi connectivity index (χ3n) is 1.29. The maximum absolute atomic E-state index is 5.44. The number of rotatable bonds is 5. The molecule has 0 atom stereocenters. The zero-order valence-corrected chi connectivity index (χ0v) is 8.66. The molecule has 1 aromatic rings. The predicted octanol–water partition coefficient (Wildman–Crippen LogP) is 3.30. The van der Waals surface area contributed by atoms with Crippen molar-refractivity contribution in [3.05, 3.63) is 16.8 Å². The van der Waals surface area contributed by atoms with E-state index in [0.29, 0.717) is 0 Å². The smallest absolute Gasteiger partial charge is 0.129 e. The summed E-state index contributed by atoms with van der Waals surface area (Å²) in [6, 6.07) is 2.00. The Hall–Kier alpha value is -0.0200. The van der Waals surface area contributed by atoms with Crippen LogP contribution in [-0.2, 0) is 0 Å². The van der Waals surface area contributed by atoms with Crippen LogP contribution in [0.3, 0.4) is 0 Å². The summed E-state index contributed by atoms with van der Waals surface area (Å²) in [6.07, 6.45) is 2.31. The maximum atomic E-state index is 5.44. The second-order valence-corrected chi connectivity index (χ2v) is 3.78. The molecule has 0 aromatic carbocycles. The second-order valence-electron chi connectivity index (χ2n) is 2.20. The second kappa shape index (κ2) is 5.61. The lowest BCUT2D eigenvalue weighted by atomic mass is 10.4. The molecule has 0 amide bonds. The fraction of sp³-hybridized carbons (Fsp3) is 0.500. The van der Waals surface area contributed by atoms with E-state index in [0.717, 1.165) is 24.1 Å². The molecule has 0 aliphatic carbocycles. The SMILES string of the molecule is BrCCCCOc1ccsc1. The minimum atomic E-state index is 0.836. The van der Waals surface area contributed by atoms with Crippen molar-refractivity contribution in [3.63, 3.8) is 0 Å². The summed E-state index contributed by atoms with van der Waals surface area (Å²) >= 11 is 5.04. The Morgan fingerprint density at radius 3 is 3.00 bits per heavy atom. The fourth-order valence-electron chi connectivity index (χ4n) is 0.721. The van der Waals surface area contributed by atoms with Gasteiger partial charge in [0.15, 0.2) is 0 Å². The van der Waals surface area contributed by atoms with Gasteiger partial charge >= 0.3 is 0 Å². The summed E-state index contributed by atoms with van der Waals surface area (Å²) in [5.74, 6) is 1.00. The standard InChI is InChI=1S/C8H11BrOS/c9-4-1-2-5-10-8-3-6-11-7-8/h3,6-7H,1-2,4-5H2. The van der Waals surface area contributed by atoms with Crippen molar-refractivity contribution in [2.45, 2.75) is 12.8 Å². The number of hydrogen-bond acceptors (Lipinski definition) is 2. The van der Waals surface area contributed by atoms with Gasteiger partial charge in [-0.25, -0.2) is 0 Å². The first-order valence-electron chi connectivity index (χ1n) is 3.64. The van der Waals surface area contributed by atoms with Gasteiger partial charge < -0.3 is 4.74 Å². The molecule has 0 saturated heterocycles. The van der Waals surface area contributed by atoms with Crippen LogP contribution in [0.5, 0.6) is 5.75 Å². The first-order chi connectivity index (χ1) is 5.43. The Labute approximate surface area is 79.5 Å². The summed E-state index contributed by atoms with van der Waals surface area (Å²) in [4.78, 5) is 0. The summed E-state index contributed by atoms with van der Waals surface area (Å²) in [7, 11) is 0. The van der Waals surface area contributed by atoms with Crippen LogP contribution in [0.1, 0.15) is 12.8 Å². The molecule has 3 heteroatoms. The average Bonchev–Trinajstić information content (AvgIpc) is 2.50. The van der Waals surface area contributed by atoms with Gasteiger partial charge in [-0.2, -0.15) is 0 Å². The average molecular weight is 235 g/mol. The molecule has 0 aliphatic rings. The molecular weight excluding hydrogens is 224 g/mol. The predicted molar refractivity (Wildman–Crippen MR) is 52.8 cm³/mol. The highest BCUT2D eigenvalue weighted by atomic mass is 79.9. The van der Waals surface area contributed by atoms with Gasteiger partial charge in [0.2, 0.25) is 0 Å². The van der Waals surface area contributed by atoms with Crippen LogP contribution in [0.4, 0.5) is 0 Å². The third-order valence-corrected chi connectivity index (χ3v) is 2.51. The van der Waals surface area contributed by atoms with E-state index in [2.05, 4.69) is 15.9 Å². The van der Waals surface area contributed by atoms with Crippen LogP contribution in [0.25, 0.3) is 0 Å². The number of halogens is 1. The molecule has 0 fully saturated rings. The molecule has 0 radical (unpaired) electrons. The number of alkyl halides is 1. The van der Waals surface area contributed by atoms with E-state index >= 15 is 0 Å². The van der Waals surface area contributed by atoms with Crippen molar-refractivity contribution in [1.29, 1.82) is 0 Å². The van der Waals surface area contributed by atoms with E-state index in [4.69, 9.17) is 4.74 Å². The first-order valence-corrected chi connectivity index (χ1v) is 5.71. The highest BCUT2D eigenvalue weighted by molar-refractivity contribution is 9.09. The van der Waals surface area contributed by atoms with Gasteiger partial charge in [-0.1, -0.05) is 15.9 Å². The van der Waals surface area contributed by atoms with Crippen LogP contribution >= 0.6 is 27.3 Å². The molecule has 62 valence electrons. The maximum Gasteiger partial charge on any atom is 0.129 e. The number of thiophene rings is 1. The largest absolute Gasteiger partial charge is 0.493 e. The molecule has 0 aliphatic heterocycles. The molecule has 0 bridgehead atoms. The van der Waals surface area contributed by atoms with E-state index < -0.39 is 0 Å². The van der Waals surface area contributed by atoms with E-state index in [1.807, 2.05) is 16.8 Å². The molecule has 1 rings (SSSR count). The Balaban J connectivity index is 2.04. The minimum absolute atomic E-state index is 0.836. The highest BCUT2D eigenvalue weighted by Gasteiger charge is 1.91. The summed E-state index contributed by atoms with van der Waals surface area (Å²) in [5.41, 5.74) is 0. The summed E-state index contributed by atoms with van der Waals surface area (Å²) in [6.45, 7) is 0.836. The van der Waals surface area contributed by atoms with E-state index in [-0.39, 0.29) is 0 Å². The first kappa shape index (κ1) is 9.07. The van der Waals surface area contributed by atoms with Gasteiger partial charge in [-0.05, 0) is 24.3 Å². The van der Waals surface area contributed by atoms with Crippen LogP contribution in [0.2, 0.25) is 0 Å². The van der Waals surface area contributed by atoms with Crippen LogP contribution in [-0.4, -0.2) is 11.9 Å². The van der Waals surface area contributed by atoms with Gasteiger partial charge in [0.1, 0.15) is 5.75 Å². The lowest BCUT2D eigenvalue weighted by Crippen LogP contribution is -1.95. The van der Waals surface area contributed by atoms with Crippen LogP contribution in [0, 0.1) is 0 Å². The Morgan fingerprint density at radius 2 is 2.36 bits per heavy atom. The monoisotopic (exact) mass is 234 g/mol. The van der Waals surface area contributed by atoms with Crippen molar-refractivity contribution < 1.29 is 4.74 Å². The third kappa shape index (κ3) is 3.77. The van der Waals surface area contributed by atoms with Gasteiger partial charge in [-0.3, -0.25) is 0 Å². The van der Waals surface area contributed by atoms with Gasteiger partial charge in [0.05, 0.1) is 6.61 Å². The molecule has 1 nitrogen and oxygen atoms in total. The van der Waals surface area contributed by atoms with E-state index in [1.54, 1.807) is 11.3 Å². The summed E-state index contributed by atoms with van der Waals surface area (Å²) in [5, 5.41) is 5.12. The number of ether oxygens (including phenoxy) is 1. The number of unbranched alkanes of at least 4 members (excludes halogenated alkanes) is 1. The van der Waals surface area contributed by atoms with E-state index in [9.17, 15) is 0 Å². The topological polar surface area (TPSA) is 9.23 Å². The Kier molecular flexibility index (Phi) is 4.62. The van der Waals surface area contributed by atoms with Crippen LogP contribution in [0.15, 0.2) is 16.8 Å². The van der Waals surface area contributed by atoms with E-state index in [1.165, 1.54) is 6.42 Å². The van der Waals surface area contributed by atoms with Gasteiger partial charge in [0, 0.05) is 10.7 Å². The molecule has 0 saturated carbocycles. The quantitative estimate of drug-likeness (QED) is 0.562. The molecule has 11 heavy (non-hydrogen) atoms. The lowest BCUT2D eigenvalue weighted by molar-refractivity contribution is 0.311. The Bertz CT molecular complexity index is 174. The van der Waals surface area contributed by atoms with Crippen molar-refractivity contribution in [2.75, 3.05) is 11.9 Å². The van der Waals surface area contributed by atoms with Gasteiger partial charge in [-0.15, -0.1) is 11.3 Å². The zero-order chi connectivity index (χ0) is 7.94.